The van der Waals surface area contributed by atoms with Crippen molar-refractivity contribution in [2.75, 3.05) is 6.54 Å². The van der Waals surface area contributed by atoms with E-state index in [-0.39, 0.29) is 0 Å². The van der Waals surface area contributed by atoms with Gasteiger partial charge in [0.15, 0.2) is 0 Å². The molecule has 1 aromatic heterocycles. The molecule has 1 aliphatic heterocycles. The molecule has 0 spiro atoms. The summed E-state index contributed by atoms with van der Waals surface area (Å²) in [5.41, 5.74) is 1.84. The van der Waals surface area contributed by atoms with Crippen molar-refractivity contribution in [3.05, 3.63) is 16.6 Å². The minimum Gasteiger partial charge on any atom is -0.338 e. The maximum Gasteiger partial charge on any atom is 0.224 e. The molecule has 0 bridgehead atoms. The summed E-state index contributed by atoms with van der Waals surface area (Å²) >= 11 is 1.65. The van der Waals surface area contributed by atoms with Gasteiger partial charge in [-0.25, -0.2) is 0 Å². The average molecular weight is 237 g/mol. The Hall–Kier alpha value is -0.940. The Labute approximate surface area is 98.7 Å². The van der Waals surface area contributed by atoms with Gasteiger partial charge in [-0.05, 0) is 12.8 Å². The highest BCUT2D eigenvalue weighted by Gasteiger charge is 2.38. The number of amides is 1. The summed E-state index contributed by atoms with van der Waals surface area (Å²) in [6.07, 6.45) is 4.95. The number of hydrogen-bond acceptors (Lipinski definition) is 4. The van der Waals surface area contributed by atoms with Crippen LogP contribution >= 0.6 is 11.3 Å². The van der Waals surface area contributed by atoms with Crippen molar-refractivity contribution in [1.82, 2.24) is 15.2 Å². The topological polar surface area (TPSA) is 45.2 Å². The van der Waals surface area contributed by atoms with E-state index in [0.29, 0.717) is 24.4 Å². The summed E-state index contributed by atoms with van der Waals surface area (Å²) in [5.74, 6) is 0.323. The highest BCUT2D eigenvalue weighted by atomic mass is 32.1. The van der Waals surface area contributed by atoms with Gasteiger partial charge in [0.05, 0.1) is 5.51 Å². The molecule has 86 valence electrons. The molecule has 1 unspecified atom stereocenters. The van der Waals surface area contributed by atoms with Crippen LogP contribution < -0.4 is 5.32 Å². The van der Waals surface area contributed by atoms with Gasteiger partial charge in [0.25, 0.3) is 0 Å². The fraction of sp³-hybridized carbons (Fsp3) is 0.636. The number of nitrogens with zero attached hydrogens (tertiary/aromatic N) is 2. The van der Waals surface area contributed by atoms with Gasteiger partial charge in [-0.3, -0.25) is 9.78 Å². The first kappa shape index (κ1) is 10.2. The van der Waals surface area contributed by atoms with E-state index in [9.17, 15) is 4.79 Å². The zero-order valence-electron chi connectivity index (χ0n) is 9.06. The number of hydrogen-bond donors (Lipinski definition) is 1. The lowest BCUT2D eigenvalue weighted by atomic mass is 10.2. The van der Waals surface area contributed by atoms with Crippen LogP contribution in [0.4, 0.5) is 0 Å². The average Bonchev–Trinajstić information content (AvgIpc) is 2.85. The normalized spacial score (nSPS) is 25.4. The largest absolute Gasteiger partial charge is 0.338 e. The van der Waals surface area contributed by atoms with Gasteiger partial charge in [-0.2, -0.15) is 0 Å². The highest BCUT2D eigenvalue weighted by molar-refractivity contribution is 7.09. The van der Waals surface area contributed by atoms with Crippen molar-refractivity contribution >= 4 is 17.2 Å². The van der Waals surface area contributed by atoms with E-state index in [1.165, 1.54) is 17.7 Å². The Balaban J connectivity index is 1.51. The van der Waals surface area contributed by atoms with Crippen LogP contribution in [0.1, 0.15) is 24.1 Å². The summed E-state index contributed by atoms with van der Waals surface area (Å²) in [6.45, 7) is 1.73. The lowest BCUT2D eigenvalue weighted by Gasteiger charge is -2.15. The van der Waals surface area contributed by atoms with Crippen molar-refractivity contribution < 1.29 is 4.79 Å². The van der Waals surface area contributed by atoms with Crippen LogP contribution in [0, 0.1) is 0 Å². The SMILES string of the molecule is O=C1CC(NCc2cncs2)CN1C1CC1. The van der Waals surface area contributed by atoms with Crippen LogP contribution in [-0.4, -0.2) is 34.4 Å². The molecule has 1 aliphatic carbocycles. The van der Waals surface area contributed by atoms with E-state index in [4.69, 9.17) is 0 Å². The summed E-state index contributed by atoms with van der Waals surface area (Å²) in [4.78, 5) is 19.0. The number of thiazole rings is 1. The van der Waals surface area contributed by atoms with Gasteiger partial charge >= 0.3 is 0 Å². The molecule has 1 amide bonds. The molecule has 4 nitrogen and oxygen atoms in total. The van der Waals surface area contributed by atoms with Crippen molar-refractivity contribution in [1.29, 1.82) is 0 Å². The smallest absolute Gasteiger partial charge is 0.224 e. The van der Waals surface area contributed by atoms with Crippen LogP contribution in [-0.2, 0) is 11.3 Å². The molecule has 2 fully saturated rings. The van der Waals surface area contributed by atoms with E-state index in [1.807, 2.05) is 16.6 Å². The fourth-order valence-electron chi connectivity index (χ4n) is 2.18. The van der Waals surface area contributed by atoms with Crippen molar-refractivity contribution in [3.63, 3.8) is 0 Å². The number of carbonyl (C=O) groups is 1. The van der Waals surface area contributed by atoms with Gasteiger partial charge in [-0.15, -0.1) is 11.3 Å². The molecular formula is C11H15N3OS. The first-order valence-electron chi connectivity index (χ1n) is 5.73. The monoisotopic (exact) mass is 237 g/mol. The molecule has 1 atom stereocenters. The number of nitrogens with one attached hydrogen (secondary N) is 1. The Morgan fingerprint density at radius 1 is 1.56 bits per heavy atom. The lowest BCUT2D eigenvalue weighted by Crippen LogP contribution is -2.33. The van der Waals surface area contributed by atoms with Crippen molar-refractivity contribution in [2.45, 2.75) is 37.9 Å². The molecular weight excluding hydrogens is 222 g/mol. The minimum atomic E-state index is 0.323. The maximum atomic E-state index is 11.7. The van der Waals surface area contributed by atoms with Crippen molar-refractivity contribution in [3.8, 4) is 0 Å². The Bertz CT molecular complexity index is 375. The molecule has 1 saturated carbocycles. The predicted molar refractivity (Wildman–Crippen MR) is 62.1 cm³/mol. The third-order valence-electron chi connectivity index (χ3n) is 3.19. The first-order valence-corrected chi connectivity index (χ1v) is 6.61. The first-order chi connectivity index (χ1) is 7.83. The molecule has 2 heterocycles. The number of likely N-dealkylation sites (tertiary alicyclic amines) is 1. The summed E-state index contributed by atoms with van der Waals surface area (Å²) in [7, 11) is 0. The Kier molecular flexibility index (Phi) is 2.65. The third kappa shape index (κ3) is 2.10. The zero-order valence-corrected chi connectivity index (χ0v) is 9.87. The molecule has 5 heteroatoms. The van der Waals surface area contributed by atoms with Gasteiger partial charge < -0.3 is 10.2 Å². The van der Waals surface area contributed by atoms with Gasteiger partial charge in [-0.1, -0.05) is 0 Å². The van der Waals surface area contributed by atoms with E-state index in [0.717, 1.165) is 13.1 Å². The second kappa shape index (κ2) is 4.14. The second-order valence-corrected chi connectivity index (χ2v) is 5.50. The fourth-order valence-corrected chi connectivity index (χ4v) is 2.73. The summed E-state index contributed by atoms with van der Waals surface area (Å²) in [5, 5.41) is 3.43. The lowest BCUT2D eigenvalue weighted by molar-refractivity contribution is -0.128. The summed E-state index contributed by atoms with van der Waals surface area (Å²) < 4.78 is 0. The molecule has 0 aromatic carbocycles. The second-order valence-electron chi connectivity index (χ2n) is 4.53. The number of carbonyl (C=O) groups excluding carboxylic acids is 1. The molecule has 0 radical (unpaired) electrons. The van der Waals surface area contributed by atoms with E-state index in [2.05, 4.69) is 10.3 Å². The van der Waals surface area contributed by atoms with Crippen LogP contribution in [0.2, 0.25) is 0 Å². The van der Waals surface area contributed by atoms with Gasteiger partial charge in [0.2, 0.25) is 5.91 Å². The Morgan fingerprint density at radius 2 is 2.44 bits per heavy atom. The molecule has 1 N–H and O–H groups in total. The highest BCUT2D eigenvalue weighted by Crippen LogP contribution is 2.30. The molecule has 16 heavy (non-hydrogen) atoms. The maximum absolute atomic E-state index is 11.7. The van der Waals surface area contributed by atoms with Crippen molar-refractivity contribution in [2.24, 2.45) is 0 Å². The van der Waals surface area contributed by atoms with E-state index < -0.39 is 0 Å². The van der Waals surface area contributed by atoms with Crippen LogP contribution in [0.3, 0.4) is 0 Å². The van der Waals surface area contributed by atoms with Crippen LogP contribution in [0.15, 0.2) is 11.7 Å². The zero-order chi connectivity index (χ0) is 11.0. The number of rotatable bonds is 4. The Morgan fingerprint density at radius 3 is 3.12 bits per heavy atom. The molecule has 1 aromatic rings. The quantitative estimate of drug-likeness (QED) is 0.849. The van der Waals surface area contributed by atoms with Crippen LogP contribution in [0.25, 0.3) is 0 Å². The van der Waals surface area contributed by atoms with Gasteiger partial charge in [0.1, 0.15) is 0 Å². The molecule has 3 rings (SSSR count). The number of aromatic nitrogens is 1. The third-order valence-corrected chi connectivity index (χ3v) is 3.97. The predicted octanol–water partition coefficient (Wildman–Crippen LogP) is 0.996. The van der Waals surface area contributed by atoms with E-state index >= 15 is 0 Å². The molecule has 1 saturated heterocycles. The standard InChI is InChI=1S/C11H15N3OS/c15-11-3-8(6-14(11)9-1-2-9)13-5-10-4-12-7-16-10/h4,7-9,13H,1-3,5-6H2. The molecule has 2 aliphatic rings. The minimum absolute atomic E-state index is 0.323. The summed E-state index contributed by atoms with van der Waals surface area (Å²) in [6, 6.07) is 0.887. The van der Waals surface area contributed by atoms with E-state index in [1.54, 1.807) is 11.3 Å². The van der Waals surface area contributed by atoms with Crippen LogP contribution in [0.5, 0.6) is 0 Å². The van der Waals surface area contributed by atoms with Gasteiger partial charge in [0, 0.05) is 42.7 Å².